The van der Waals surface area contributed by atoms with Gasteiger partial charge in [0, 0.05) is 33.7 Å². The van der Waals surface area contributed by atoms with Crippen LogP contribution in [-0.4, -0.2) is 20.2 Å². The van der Waals surface area contributed by atoms with Crippen molar-refractivity contribution < 1.29 is 0 Å². The number of nitrogens with one attached hydrogen (secondary N) is 3. The van der Waals surface area contributed by atoms with Crippen LogP contribution >= 0.6 is 11.3 Å². The van der Waals surface area contributed by atoms with E-state index in [-0.39, 0.29) is 0 Å². The summed E-state index contributed by atoms with van der Waals surface area (Å²) in [5.74, 6) is 0.743. The molecule has 1 aliphatic carbocycles. The van der Waals surface area contributed by atoms with E-state index in [1.807, 2.05) is 30.5 Å². The maximum atomic E-state index is 4.63. The highest BCUT2D eigenvalue weighted by Gasteiger charge is 2.15. The van der Waals surface area contributed by atoms with Gasteiger partial charge in [-0.05, 0) is 79.1 Å². The highest BCUT2D eigenvalue weighted by molar-refractivity contribution is 7.13. The standard InChI is InChI=1S/C35H39N5S/c1-6-27(21-28(7-2)37-24(4)20-26-12-9-8-10-13-26)23(3)15-16-30-25(5)34(40-39-30)32-22-29-31(38-32)17-18-36-35(29)33-14-11-19-41-33/h6-7,11,14-19,21-22,26,37-39H,2,4-5,8-10,12-13,20H2,1,3H3/b23-15+,27-6+,28-21+,30-16+. The van der Waals surface area contributed by atoms with Gasteiger partial charge in [-0.1, -0.05) is 70.1 Å². The zero-order valence-corrected chi connectivity index (χ0v) is 24.9. The molecule has 0 aromatic carbocycles. The number of nitrogens with zero attached hydrogens (tertiary/aromatic N) is 2. The molecule has 0 radical (unpaired) electrons. The number of thiophene rings is 1. The van der Waals surface area contributed by atoms with Crippen LogP contribution in [0.5, 0.6) is 0 Å². The molecule has 5 rings (SSSR count). The van der Waals surface area contributed by atoms with E-state index in [0.717, 1.165) is 78.3 Å². The number of hydrogen-bond donors (Lipinski definition) is 3. The van der Waals surface area contributed by atoms with E-state index in [9.17, 15) is 0 Å². The first-order valence-corrected chi connectivity index (χ1v) is 15.2. The Labute approximate surface area is 246 Å². The SMILES string of the molecule is C=C\C(=C/C(=C\C)C(/C)=C/C=c1/[nH]nc(-c2cc3c(-c4cccs4)nccc3[nH]2)c1=C)NC(=C)CC1CCCCC1. The first-order chi connectivity index (χ1) is 20.0. The third-order valence-electron chi connectivity index (χ3n) is 7.84. The predicted molar refractivity (Wildman–Crippen MR) is 175 cm³/mol. The monoisotopic (exact) mass is 561 g/mol. The average Bonchev–Trinajstić information content (AvgIpc) is 3.74. The molecule has 41 heavy (non-hydrogen) atoms. The van der Waals surface area contributed by atoms with Gasteiger partial charge in [-0.2, -0.15) is 5.10 Å². The molecular weight excluding hydrogens is 522 g/mol. The molecule has 4 aromatic rings. The molecule has 0 aliphatic heterocycles. The van der Waals surface area contributed by atoms with Crippen LogP contribution in [-0.2, 0) is 0 Å². The van der Waals surface area contributed by atoms with Gasteiger partial charge in [0.05, 0.1) is 21.6 Å². The molecule has 0 unspecified atom stereocenters. The Morgan fingerprint density at radius 3 is 2.76 bits per heavy atom. The summed E-state index contributed by atoms with van der Waals surface area (Å²) in [5.41, 5.74) is 7.99. The Morgan fingerprint density at radius 2 is 2.02 bits per heavy atom. The molecule has 1 aliphatic rings. The maximum absolute atomic E-state index is 4.63. The number of aromatic amines is 2. The molecule has 0 saturated heterocycles. The molecule has 1 saturated carbocycles. The van der Waals surface area contributed by atoms with Crippen LogP contribution in [0.3, 0.4) is 0 Å². The third-order valence-corrected chi connectivity index (χ3v) is 8.71. The van der Waals surface area contributed by atoms with E-state index < -0.39 is 0 Å². The second kappa shape index (κ2) is 13.0. The van der Waals surface area contributed by atoms with E-state index in [2.05, 4.69) is 94.8 Å². The minimum atomic E-state index is 0.743. The number of H-pyrrole nitrogens is 2. The summed E-state index contributed by atoms with van der Waals surface area (Å²) < 4.78 is 0. The van der Waals surface area contributed by atoms with Gasteiger partial charge < -0.3 is 10.3 Å². The zero-order chi connectivity index (χ0) is 28.8. The lowest BCUT2D eigenvalue weighted by molar-refractivity contribution is 0.353. The molecule has 5 nitrogen and oxygen atoms in total. The van der Waals surface area contributed by atoms with Crippen LogP contribution in [0.2, 0.25) is 0 Å². The minimum absolute atomic E-state index is 0.743. The van der Waals surface area contributed by atoms with Gasteiger partial charge in [-0.3, -0.25) is 10.1 Å². The van der Waals surface area contributed by atoms with Crippen molar-refractivity contribution in [1.82, 2.24) is 25.5 Å². The van der Waals surface area contributed by atoms with Gasteiger partial charge in [-0.15, -0.1) is 11.3 Å². The fraction of sp³-hybridized carbons (Fsp3) is 0.257. The van der Waals surface area contributed by atoms with Crippen molar-refractivity contribution in [3.8, 4) is 22.0 Å². The van der Waals surface area contributed by atoms with Gasteiger partial charge in [-0.25, -0.2) is 0 Å². The summed E-state index contributed by atoms with van der Waals surface area (Å²) in [5, 5.41) is 16.1. The predicted octanol–water partition coefficient (Wildman–Crippen LogP) is 7.91. The topological polar surface area (TPSA) is 69.4 Å². The summed E-state index contributed by atoms with van der Waals surface area (Å²) in [7, 11) is 0. The summed E-state index contributed by atoms with van der Waals surface area (Å²) in [6.07, 6.45) is 19.8. The fourth-order valence-electron chi connectivity index (χ4n) is 5.57. The van der Waals surface area contributed by atoms with Crippen molar-refractivity contribution in [2.24, 2.45) is 5.92 Å². The summed E-state index contributed by atoms with van der Waals surface area (Å²) in [6, 6.07) is 8.25. The van der Waals surface area contributed by atoms with Gasteiger partial charge >= 0.3 is 0 Å². The van der Waals surface area contributed by atoms with Crippen LogP contribution < -0.4 is 15.9 Å². The minimum Gasteiger partial charge on any atom is -0.359 e. The molecule has 0 amide bonds. The Bertz CT molecular complexity index is 1740. The fourth-order valence-corrected chi connectivity index (χ4v) is 6.30. The summed E-state index contributed by atoms with van der Waals surface area (Å²) in [4.78, 5) is 9.28. The second-order valence-electron chi connectivity index (χ2n) is 10.7. The van der Waals surface area contributed by atoms with Crippen LogP contribution in [0.15, 0.2) is 95.8 Å². The van der Waals surface area contributed by atoms with Crippen LogP contribution in [0.25, 0.3) is 45.5 Å². The lowest BCUT2D eigenvalue weighted by atomic mass is 9.86. The highest BCUT2D eigenvalue weighted by atomic mass is 32.1. The van der Waals surface area contributed by atoms with E-state index in [1.165, 1.54) is 32.1 Å². The van der Waals surface area contributed by atoms with Gasteiger partial charge in [0.1, 0.15) is 5.69 Å². The van der Waals surface area contributed by atoms with E-state index in [1.54, 1.807) is 11.3 Å². The van der Waals surface area contributed by atoms with Crippen molar-refractivity contribution in [2.45, 2.75) is 52.4 Å². The van der Waals surface area contributed by atoms with Crippen LogP contribution in [0.4, 0.5) is 0 Å². The molecule has 0 spiro atoms. The Hall–Kier alpha value is -4.16. The Balaban J connectivity index is 1.34. The summed E-state index contributed by atoms with van der Waals surface area (Å²) in [6.45, 7) is 16.8. The van der Waals surface area contributed by atoms with Crippen LogP contribution in [0.1, 0.15) is 52.4 Å². The number of pyridine rings is 1. The van der Waals surface area contributed by atoms with Crippen LogP contribution in [0, 0.1) is 5.92 Å². The number of hydrogen-bond acceptors (Lipinski definition) is 4. The van der Waals surface area contributed by atoms with Gasteiger partial charge in [0.2, 0.25) is 0 Å². The summed E-state index contributed by atoms with van der Waals surface area (Å²) >= 11 is 1.69. The van der Waals surface area contributed by atoms with E-state index >= 15 is 0 Å². The molecule has 4 heterocycles. The molecule has 0 atom stereocenters. The van der Waals surface area contributed by atoms with Gasteiger partial charge in [0.25, 0.3) is 0 Å². The number of rotatable bonds is 10. The molecular formula is C35H39N5S. The smallest absolute Gasteiger partial charge is 0.116 e. The Morgan fingerprint density at radius 1 is 1.20 bits per heavy atom. The zero-order valence-electron chi connectivity index (χ0n) is 24.1. The van der Waals surface area contributed by atoms with Gasteiger partial charge in [0.15, 0.2) is 0 Å². The first-order valence-electron chi connectivity index (χ1n) is 14.4. The normalized spacial score (nSPS) is 16.0. The largest absolute Gasteiger partial charge is 0.359 e. The molecule has 0 bridgehead atoms. The lowest BCUT2D eigenvalue weighted by Crippen LogP contribution is -2.21. The van der Waals surface area contributed by atoms with Crippen molar-refractivity contribution >= 4 is 34.9 Å². The number of fused-ring (bicyclic) bond motifs is 1. The van der Waals surface area contributed by atoms with Crippen molar-refractivity contribution in [2.75, 3.05) is 0 Å². The van der Waals surface area contributed by atoms with E-state index in [0.29, 0.717) is 0 Å². The highest BCUT2D eigenvalue weighted by Crippen LogP contribution is 2.32. The van der Waals surface area contributed by atoms with Crippen molar-refractivity contribution in [3.63, 3.8) is 0 Å². The lowest BCUT2D eigenvalue weighted by Gasteiger charge is -2.23. The average molecular weight is 562 g/mol. The molecule has 3 N–H and O–H groups in total. The third kappa shape index (κ3) is 6.60. The molecule has 1 fully saturated rings. The maximum Gasteiger partial charge on any atom is 0.116 e. The Kier molecular flexibility index (Phi) is 9.00. The molecule has 6 heteroatoms. The number of aromatic nitrogens is 4. The molecule has 4 aromatic heterocycles. The van der Waals surface area contributed by atoms with E-state index in [4.69, 9.17) is 0 Å². The quantitative estimate of drug-likeness (QED) is 0.172. The molecule has 210 valence electrons. The first kappa shape index (κ1) is 28.4. The second-order valence-corrected chi connectivity index (χ2v) is 11.7. The van der Waals surface area contributed by atoms with Crippen molar-refractivity contribution in [1.29, 1.82) is 0 Å². The van der Waals surface area contributed by atoms with Crippen molar-refractivity contribution in [3.05, 3.63) is 106 Å². The number of allylic oxidation sites excluding steroid dienone is 7.